The van der Waals surface area contributed by atoms with Gasteiger partial charge >= 0.3 is 6.09 Å². The SMILES string of the molecule is COc1ccc(S(=O)(=O)N(CCC(Cc2ccccc2)NC(=O)OC2C3COC4OC2CC4C3)CC(C)C)cc1. The Labute approximate surface area is 237 Å². The third kappa shape index (κ3) is 6.62. The number of fused-ring (bicyclic) bond motifs is 2. The number of amides is 1. The van der Waals surface area contributed by atoms with E-state index in [-0.39, 0.29) is 47.8 Å². The summed E-state index contributed by atoms with van der Waals surface area (Å²) < 4.78 is 51.7. The van der Waals surface area contributed by atoms with Gasteiger partial charge in [0.15, 0.2) is 6.29 Å². The van der Waals surface area contributed by atoms with Crippen LogP contribution in [-0.2, 0) is 30.7 Å². The molecule has 3 bridgehead atoms. The number of sulfonamides is 1. The third-order valence-electron chi connectivity index (χ3n) is 8.02. The van der Waals surface area contributed by atoms with Gasteiger partial charge in [-0.25, -0.2) is 13.2 Å². The average Bonchev–Trinajstić information content (AvgIpc) is 3.24. The molecule has 5 rings (SSSR count). The number of alkyl carbamates (subject to hydrolysis) is 1. The molecule has 2 aliphatic heterocycles. The minimum atomic E-state index is -3.75. The molecular formula is C30H40N2O7S. The molecule has 218 valence electrons. The Kier molecular flexibility index (Phi) is 8.99. The maximum Gasteiger partial charge on any atom is 0.407 e. The van der Waals surface area contributed by atoms with Gasteiger partial charge < -0.3 is 24.3 Å². The molecule has 0 aromatic heterocycles. The van der Waals surface area contributed by atoms with Gasteiger partial charge in [-0.3, -0.25) is 0 Å². The van der Waals surface area contributed by atoms with E-state index in [0.717, 1.165) is 18.4 Å². The fourth-order valence-corrected chi connectivity index (χ4v) is 7.70. The van der Waals surface area contributed by atoms with Crippen molar-refractivity contribution in [3.05, 3.63) is 60.2 Å². The Balaban J connectivity index is 1.28. The molecule has 2 saturated heterocycles. The highest BCUT2D eigenvalue weighted by molar-refractivity contribution is 7.89. The summed E-state index contributed by atoms with van der Waals surface area (Å²) in [6.45, 7) is 5.13. The van der Waals surface area contributed by atoms with Gasteiger partial charge in [-0.05, 0) is 61.4 Å². The lowest BCUT2D eigenvalue weighted by molar-refractivity contribution is -0.153. The van der Waals surface area contributed by atoms with Crippen LogP contribution in [0, 0.1) is 17.8 Å². The molecule has 1 amide bonds. The van der Waals surface area contributed by atoms with E-state index >= 15 is 0 Å². The van der Waals surface area contributed by atoms with Gasteiger partial charge in [-0.1, -0.05) is 44.2 Å². The van der Waals surface area contributed by atoms with Crippen molar-refractivity contribution in [3.8, 4) is 5.75 Å². The highest BCUT2D eigenvalue weighted by atomic mass is 32.2. The van der Waals surface area contributed by atoms with E-state index in [0.29, 0.717) is 37.7 Å². The fourth-order valence-electron chi connectivity index (χ4n) is 6.08. The monoisotopic (exact) mass is 572 g/mol. The summed E-state index contributed by atoms with van der Waals surface area (Å²) >= 11 is 0. The minimum Gasteiger partial charge on any atom is -0.497 e. The molecule has 6 unspecified atom stereocenters. The van der Waals surface area contributed by atoms with Crippen LogP contribution in [0.5, 0.6) is 5.75 Å². The number of hydrogen-bond acceptors (Lipinski definition) is 7. The normalized spacial score (nSPS) is 26.2. The molecule has 6 atom stereocenters. The summed E-state index contributed by atoms with van der Waals surface area (Å²) in [5.41, 5.74) is 1.05. The molecule has 2 aromatic rings. The van der Waals surface area contributed by atoms with Gasteiger partial charge in [-0.2, -0.15) is 4.31 Å². The molecule has 2 aromatic carbocycles. The van der Waals surface area contributed by atoms with Crippen molar-refractivity contribution in [3.63, 3.8) is 0 Å². The highest BCUT2D eigenvalue weighted by Crippen LogP contribution is 2.46. The number of carbonyl (C=O) groups is 1. The Hall–Kier alpha value is -2.66. The van der Waals surface area contributed by atoms with Crippen molar-refractivity contribution in [1.82, 2.24) is 9.62 Å². The number of benzene rings is 2. The number of rotatable bonds is 12. The molecule has 0 radical (unpaired) electrons. The number of nitrogens with zero attached hydrogens (tertiary/aromatic N) is 1. The predicted molar refractivity (Wildman–Crippen MR) is 149 cm³/mol. The first-order chi connectivity index (χ1) is 19.2. The molecule has 1 aliphatic carbocycles. The zero-order valence-electron chi connectivity index (χ0n) is 23.4. The number of ether oxygens (including phenoxy) is 4. The molecule has 1 saturated carbocycles. The second kappa shape index (κ2) is 12.5. The van der Waals surface area contributed by atoms with Crippen molar-refractivity contribution >= 4 is 16.1 Å². The molecule has 40 heavy (non-hydrogen) atoms. The summed E-state index contributed by atoms with van der Waals surface area (Å²) in [6, 6.07) is 16.0. The second-order valence-corrected chi connectivity index (χ2v) is 13.4. The van der Waals surface area contributed by atoms with Crippen LogP contribution in [0.3, 0.4) is 0 Å². The van der Waals surface area contributed by atoms with Crippen LogP contribution >= 0.6 is 0 Å². The molecule has 10 heteroatoms. The molecule has 9 nitrogen and oxygen atoms in total. The zero-order valence-corrected chi connectivity index (χ0v) is 24.2. The number of nitrogens with one attached hydrogen (secondary N) is 1. The standard InChI is InChI=1S/C30H40N2O7S/c1-20(2)18-32(40(34,35)26-11-9-25(36-3)10-12-26)14-13-24(15-21-7-5-4-6-8-21)31-30(33)39-28-23-16-22-17-27(28)38-29(22)37-19-23/h4-12,20,22-24,27-29H,13-19H2,1-3H3,(H,31,33). The lowest BCUT2D eigenvalue weighted by Crippen LogP contribution is -2.48. The average molecular weight is 573 g/mol. The van der Waals surface area contributed by atoms with Gasteiger partial charge in [0.1, 0.15) is 11.9 Å². The maximum atomic E-state index is 13.6. The van der Waals surface area contributed by atoms with E-state index in [2.05, 4.69) is 5.32 Å². The van der Waals surface area contributed by atoms with Crippen LogP contribution in [0.2, 0.25) is 0 Å². The molecule has 1 N–H and O–H groups in total. The Morgan fingerprint density at radius 1 is 1.07 bits per heavy atom. The van der Waals surface area contributed by atoms with Crippen LogP contribution in [0.1, 0.15) is 38.7 Å². The van der Waals surface area contributed by atoms with Gasteiger partial charge in [0.25, 0.3) is 0 Å². The smallest absolute Gasteiger partial charge is 0.407 e. The predicted octanol–water partition coefficient (Wildman–Crippen LogP) is 4.22. The summed E-state index contributed by atoms with van der Waals surface area (Å²) in [7, 11) is -2.20. The van der Waals surface area contributed by atoms with Gasteiger partial charge in [0.05, 0.1) is 24.7 Å². The lowest BCUT2D eigenvalue weighted by atomic mass is 9.78. The van der Waals surface area contributed by atoms with Crippen LogP contribution in [0.4, 0.5) is 4.79 Å². The Bertz CT molecular complexity index is 1230. The van der Waals surface area contributed by atoms with E-state index in [1.54, 1.807) is 31.4 Å². The van der Waals surface area contributed by atoms with Crippen molar-refractivity contribution in [1.29, 1.82) is 0 Å². The number of methoxy groups -OCH3 is 1. The number of carbonyl (C=O) groups excluding carboxylic acids is 1. The van der Waals surface area contributed by atoms with Crippen LogP contribution in [0.25, 0.3) is 0 Å². The zero-order chi connectivity index (χ0) is 28.3. The van der Waals surface area contributed by atoms with Gasteiger partial charge in [0, 0.05) is 31.0 Å². The van der Waals surface area contributed by atoms with E-state index in [9.17, 15) is 13.2 Å². The fraction of sp³-hybridized carbons (Fsp3) is 0.567. The van der Waals surface area contributed by atoms with Crippen molar-refractivity contribution in [2.45, 2.75) is 69.0 Å². The minimum absolute atomic E-state index is 0.123. The van der Waals surface area contributed by atoms with Crippen LogP contribution in [-0.4, -0.2) is 70.2 Å². The van der Waals surface area contributed by atoms with Crippen molar-refractivity contribution in [2.24, 2.45) is 17.8 Å². The first kappa shape index (κ1) is 28.9. The maximum absolute atomic E-state index is 13.6. The Morgan fingerprint density at radius 2 is 1.82 bits per heavy atom. The highest BCUT2D eigenvalue weighted by Gasteiger charge is 2.53. The van der Waals surface area contributed by atoms with E-state index in [4.69, 9.17) is 18.9 Å². The van der Waals surface area contributed by atoms with E-state index in [1.165, 1.54) is 4.31 Å². The summed E-state index contributed by atoms with van der Waals surface area (Å²) in [4.78, 5) is 13.4. The van der Waals surface area contributed by atoms with Crippen LogP contribution < -0.4 is 10.1 Å². The first-order valence-electron chi connectivity index (χ1n) is 14.1. The summed E-state index contributed by atoms with van der Waals surface area (Å²) in [5.74, 6) is 1.24. The van der Waals surface area contributed by atoms with Gasteiger partial charge in [-0.15, -0.1) is 0 Å². The molecule has 0 spiro atoms. The third-order valence-corrected chi connectivity index (χ3v) is 9.90. The van der Waals surface area contributed by atoms with Crippen molar-refractivity contribution in [2.75, 3.05) is 26.8 Å². The van der Waals surface area contributed by atoms with Gasteiger partial charge in [0.2, 0.25) is 10.0 Å². The Morgan fingerprint density at radius 3 is 2.52 bits per heavy atom. The molecule has 3 fully saturated rings. The summed E-state index contributed by atoms with van der Waals surface area (Å²) in [6.07, 6.45) is 1.61. The topological polar surface area (TPSA) is 103 Å². The van der Waals surface area contributed by atoms with Crippen molar-refractivity contribution < 1.29 is 32.2 Å². The van der Waals surface area contributed by atoms with Crippen LogP contribution in [0.15, 0.2) is 59.5 Å². The molecular weight excluding hydrogens is 532 g/mol. The summed E-state index contributed by atoms with van der Waals surface area (Å²) in [5, 5.41) is 3.05. The van der Waals surface area contributed by atoms with E-state index in [1.807, 2.05) is 44.2 Å². The molecule has 3 aliphatic rings. The van der Waals surface area contributed by atoms with E-state index < -0.39 is 16.1 Å². The molecule has 2 heterocycles. The largest absolute Gasteiger partial charge is 0.497 e. The number of hydrogen-bond donors (Lipinski definition) is 1. The second-order valence-electron chi connectivity index (χ2n) is 11.5. The quantitative estimate of drug-likeness (QED) is 0.406. The first-order valence-corrected chi connectivity index (χ1v) is 15.6. The lowest BCUT2D eigenvalue weighted by Gasteiger charge is -2.36.